The minimum absolute atomic E-state index is 5.48. The van der Waals surface area contributed by atoms with E-state index in [4.69, 9.17) is 0 Å². The predicted molar refractivity (Wildman–Crippen MR) is 36.2 cm³/mol. The van der Waals surface area contributed by atoms with Crippen LogP contribution in [0.5, 0.6) is 0 Å². The molecule has 0 atom stereocenters. The second-order valence-corrected chi connectivity index (χ2v) is 3.61. The van der Waals surface area contributed by atoms with Gasteiger partial charge in [-0.05, 0) is 0 Å². The highest BCUT2D eigenvalue weighted by molar-refractivity contribution is 5.17. The first-order chi connectivity index (χ1) is 9.15. The van der Waals surface area contributed by atoms with Gasteiger partial charge in [-0.15, -0.1) is 0 Å². The molecule has 0 aliphatic heterocycles. The quantitative estimate of drug-likeness (QED) is 0.601. The first-order valence-electron chi connectivity index (χ1n) is 4.33. The van der Waals surface area contributed by atoms with Crippen LogP contribution in [0, 0.1) is 6.17 Å². The molecule has 0 nitrogen and oxygen atoms in total. The van der Waals surface area contributed by atoms with Crippen molar-refractivity contribution < 1.29 is 65.9 Å². The highest BCUT2D eigenvalue weighted by atomic mass is 19.4. The molecule has 0 bridgehead atoms. The maximum absolute atomic E-state index is 12.5. The Morgan fingerprint density at radius 3 is 0.727 bits per heavy atom. The molecular weight excluding hydrogens is 369 g/mol. The Hall–Kier alpha value is -1.05. The Balaban J connectivity index is 6.00. The van der Waals surface area contributed by atoms with E-state index >= 15 is 0 Å². The number of rotatable bonds is 4. The van der Waals surface area contributed by atoms with Crippen molar-refractivity contribution in [2.45, 2.75) is 36.0 Å². The molecule has 0 rings (SSSR count). The van der Waals surface area contributed by atoms with Crippen molar-refractivity contribution in [1.82, 2.24) is 0 Å². The number of hydrogen-bond acceptors (Lipinski definition) is 0. The molecule has 0 unspecified atom stereocenters. The van der Waals surface area contributed by atoms with Gasteiger partial charge in [-0.1, -0.05) is 0 Å². The molecule has 0 heterocycles. The van der Waals surface area contributed by atoms with Crippen molar-refractivity contribution in [3.8, 4) is 0 Å². The van der Waals surface area contributed by atoms with Crippen LogP contribution >= 0.6 is 0 Å². The zero-order valence-electron chi connectivity index (χ0n) is 9.17. The van der Waals surface area contributed by atoms with Crippen molar-refractivity contribution in [1.29, 1.82) is 0 Å². The molecule has 15 heteroatoms. The van der Waals surface area contributed by atoms with Crippen molar-refractivity contribution in [2.24, 2.45) is 0 Å². The summed E-state index contributed by atoms with van der Waals surface area (Å²) >= 11 is 0. The summed E-state index contributed by atoms with van der Waals surface area (Å²) < 4.78 is 180. The summed E-state index contributed by atoms with van der Waals surface area (Å²) in [7, 11) is 0. The van der Waals surface area contributed by atoms with Gasteiger partial charge in [0.1, 0.15) is 0 Å². The van der Waals surface area contributed by atoms with Gasteiger partial charge in [-0.25, -0.2) is 4.39 Å². The van der Waals surface area contributed by atoms with E-state index in [1.807, 2.05) is 0 Å². The standard InChI is InChI=1S/C7F15/c8-1(2(9,10)4(13,14)6(17,18)19)3(11,12)5(15,16)7(20,21)22. The summed E-state index contributed by atoms with van der Waals surface area (Å²) in [5.74, 6) is -30.7. The second-order valence-electron chi connectivity index (χ2n) is 3.61. The number of alkyl halides is 14. The fraction of sp³-hybridized carbons (Fsp3) is 0.857. The van der Waals surface area contributed by atoms with Crippen molar-refractivity contribution in [3.63, 3.8) is 0 Å². The topological polar surface area (TPSA) is 0 Å². The molecule has 0 aromatic heterocycles. The average molecular weight is 369 g/mol. The highest BCUT2D eigenvalue weighted by Crippen LogP contribution is 2.59. The van der Waals surface area contributed by atoms with E-state index in [0.29, 0.717) is 0 Å². The molecule has 0 aliphatic rings. The van der Waals surface area contributed by atoms with E-state index in [2.05, 4.69) is 0 Å². The van der Waals surface area contributed by atoms with Gasteiger partial charge < -0.3 is 0 Å². The van der Waals surface area contributed by atoms with Gasteiger partial charge in [0.25, 0.3) is 6.17 Å². The number of hydrogen-bond donors (Lipinski definition) is 0. The Morgan fingerprint density at radius 1 is 0.409 bits per heavy atom. The first-order valence-corrected chi connectivity index (χ1v) is 4.33. The van der Waals surface area contributed by atoms with E-state index in [9.17, 15) is 65.9 Å². The zero-order chi connectivity index (χ0) is 18.6. The molecular formula is C7F15. The molecule has 0 aliphatic carbocycles. The van der Waals surface area contributed by atoms with Crippen molar-refractivity contribution in [3.05, 3.63) is 6.17 Å². The van der Waals surface area contributed by atoms with Gasteiger partial charge in [0.2, 0.25) is 0 Å². The number of halogens is 15. The Labute approximate surface area is 109 Å². The second kappa shape index (κ2) is 4.97. The highest BCUT2D eigenvalue weighted by Gasteiger charge is 2.86. The van der Waals surface area contributed by atoms with E-state index in [1.165, 1.54) is 0 Å². The minimum atomic E-state index is -7.69. The first kappa shape index (κ1) is 20.9. The average Bonchev–Trinajstić information content (AvgIpc) is 2.24. The summed E-state index contributed by atoms with van der Waals surface area (Å²) in [4.78, 5) is 0. The monoisotopic (exact) mass is 369 g/mol. The molecule has 0 aromatic rings. The van der Waals surface area contributed by atoms with Crippen LogP contribution in [0.2, 0.25) is 0 Å². The molecule has 0 fully saturated rings. The lowest BCUT2D eigenvalue weighted by molar-refractivity contribution is -0.390. The third-order valence-electron chi connectivity index (χ3n) is 2.05. The van der Waals surface area contributed by atoms with E-state index in [-0.39, 0.29) is 0 Å². The fourth-order valence-electron chi connectivity index (χ4n) is 0.829. The normalized spacial score (nSPS) is 16.4. The van der Waals surface area contributed by atoms with Crippen LogP contribution in [0.25, 0.3) is 0 Å². The maximum Gasteiger partial charge on any atom is 0.460 e. The molecule has 22 heavy (non-hydrogen) atoms. The third-order valence-corrected chi connectivity index (χ3v) is 2.05. The van der Waals surface area contributed by atoms with Crippen LogP contribution in [0.1, 0.15) is 0 Å². The van der Waals surface area contributed by atoms with Crippen LogP contribution in [0.3, 0.4) is 0 Å². The summed E-state index contributed by atoms with van der Waals surface area (Å²) in [6.07, 6.45) is -20.3. The van der Waals surface area contributed by atoms with Crippen molar-refractivity contribution in [2.75, 3.05) is 0 Å². The molecule has 0 amide bonds. The van der Waals surface area contributed by atoms with Gasteiger partial charge in [-0.3, -0.25) is 0 Å². The molecule has 133 valence electrons. The molecule has 1 radical (unpaired) electrons. The lowest BCUT2D eigenvalue weighted by atomic mass is 9.96. The summed E-state index contributed by atoms with van der Waals surface area (Å²) in [5.41, 5.74) is 0. The molecule has 0 spiro atoms. The SMILES string of the molecule is F[C](C(F)(F)C(F)(F)C(F)(F)F)C(F)(F)C(F)(F)C(F)(F)F. The van der Waals surface area contributed by atoms with Gasteiger partial charge in [0, 0.05) is 0 Å². The minimum Gasteiger partial charge on any atom is -0.226 e. The lowest BCUT2D eigenvalue weighted by Crippen LogP contribution is -2.63. The summed E-state index contributed by atoms with van der Waals surface area (Å²) in [5, 5.41) is 0. The molecule has 0 N–H and O–H groups in total. The predicted octanol–water partition coefficient (Wildman–Crippen LogP) is 5.15. The van der Waals surface area contributed by atoms with E-state index in [1.54, 1.807) is 0 Å². The van der Waals surface area contributed by atoms with Gasteiger partial charge in [0.15, 0.2) is 0 Å². The fourth-order valence-corrected chi connectivity index (χ4v) is 0.829. The molecule has 0 saturated heterocycles. The van der Waals surface area contributed by atoms with Gasteiger partial charge >= 0.3 is 36.0 Å². The molecule has 0 saturated carbocycles. The van der Waals surface area contributed by atoms with Crippen LogP contribution in [-0.4, -0.2) is 36.0 Å². The van der Waals surface area contributed by atoms with Gasteiger partial charge in [-0.2, -0.15) is 61.5 Å². The summed E-state index contributed by atoms with van der Waals surface area (Å²) in [6, 6.07) is 0. The van der Waals surface area contributed by atoms with Crippen LogP contribution < -0.4 is 0 Å². The lowest BCUT2D eigenvalue weighted by Gasteiger charge is -2.35. The third kappa shape index (κ3) is 2.77. The Kier molecular flexibility index (Phi) is 4.74. The molecule has 0 aromatic carbocycles. The maximum atomic E-state index is 12.5. The summed E-state index contributed by atoms with van der Waals surface area (Å²) in [6.45, 7) is 0. The van der Waals surface area contributed by atoms with E-state index < -0.39 is 42.2 Å². The van der Waals surface area contributed by atoms with Crippen molar-refractivity contribution >= 4 is 0 Å². The largest absolute Gasteiger partial charge is 0.460 e. The van der Waals surface area contributed by atoms with Gasteiger partial charge in [0.05, 0.1) is 0 Å². The zero-order valence-corrected chi connectivity index (χ0v) is 9.17. The van der Waals surface area contributed by atoms with Crippen LogP contribution in [0.4, 0.5) is 65.9 Å². The Morgan fingerprint density at radius 2 is 0.591 bits per heavy atom. The Bertz CT molecular complexity index is 359. The van der Waals surface area contributed by atoms with Crippen LogP contribution in [0.15, 0.2) is 0 Å². The smallest absolute Gasteiger partial charge is 0.226 e. The van der Waals surface area contributed by atoms with E-state index in [0.717, 1.165) is 0 Å². The van der Waals surface area contributed by atoms with Crippen LogP contribution in [-0.2, 0) is 0 Å².